The van der Waals surface area contributed by atoms with Crippen molar-refractivity contribution in [3.63, 3.8) is 0 Å². The number of hydrogen-bond donors (Lipinski definition) is 2. The van der Waals surface area contributed by atoms with Crippen molar-refractivity contribution >= 4 is 34.0 Å². The summed E-state index contributed by atoms with van der Waals surface area (Å²) < 4.78 is 5.29. The normalized spacial score (nSPS) is 17.5. The standard InChI is InChI=1S/C28H24N2O4/c1-16-12-17(2)14-19(13-16)30-25(18-8-10-20(34-3)11-9-18)24(27(32)28(30)33)26(31)22-15-29-23-7-5-4-6-21(22)23/h4-15,25,29,31H,1-3H3/b26-24-. The highest BCUT2D eigenvalue weighted by molar-refractivity contribution is 6.51. The van der Waals surface area contributed by atoms with Gasteiger partial charge in [-0.25, -0.2) is 0 Å². The highest BCUT2D eigenvalue weighted by atomic mass is 16.5. The molecular formula is C28H24N2O4. The molecule has 34 heavy (non-hydrogen) atoms. The van der Waals surface area contributed by atoms with Crippen LogP contribution in [0.5, 0.6) is 5.75 Å². The summed E-state index contributed by atoms with van der Waals surface area (Å²) >= 11 is 0. The summed E-state index contributed by atoms with van der Waals surface area (Å²) in [5.41, 5.74) is 4.61. The molecular weight excluding hydrogens is 428 g/mol. The lowest BCUT2D eigenvalue weighted by Gasteiger charge is -2.26. The minimum Gasteiger partial charge on any atom is -0.507 e. The van der Waals surface area contributed by atoms with Crippen molar-refractivity contribution in [2.24, 2.45) is 0 Å². The van der Waals surface area contributed by atoms with Crippen molar-refractivity contribution in [3.8, 4) is 5.75 Å². The predicted molar refractivity (Wildman–Crippen MR) is 132 cm³/mol. The molecule has 0 bridgehead atoms. The average Bonchev–Trinajstić information content (AvgIpc) is 3.37. The molecule has 5 rings (SSSR count). The number of nitrogens with zero attached hydrogens (tertiary/aromatic N) is 1. The van der Waals surface area contributed by atoms with Gasteiger partial charge in [-0.2, -0.15) is 0 Å². The molecule has 4 aromatic rings. The predicted octanol–water partition coefficient (Wildman–Crippen LogP) is 5.42. The fourth-order valence-corrected chi connectivity index (χ4v) is 4.70. The zero-order chi connectivity index (χ0) is 24.0. The summed E-state index contributed by atoms with van der Waals surface area (Å²) in [5, 5.41) is 12.2. The zero-order valence-electron chi connectivity index (χ0n) is 19.1. The number of rotatable bonds is 4. The lowest BCUT2D eigenvalue weighted by molar-refractivity contribution is -0.132. The molecule has 2 N–H and O–H groups in total. The molecule has 0 radical (unpaired) electrons. The molecule has 170 valence electrons. The van der Waals surface area contributed by atoms with Gasteiger partial charge in [0, 0.05) is 28.4 Å². The van der Waals surface area contributed by atoms with Crippen LogP contribution in [0.2, 0.25) is 0 Å². The molecule has 1 amide bonds. The van der Waals surface area contributed by atoms with Crippen LogP contribution in [0.3, 0.4) is 0 Å². The number of para-hydroxylation sites is 1. The van der Waals surface area contributed by atoms with E-state index in [1.54, 1.807) is 25.4 Å². The SMILES string of the molecule is COc1ccc(C2/C(=C(/O)c3c[nH]c4ccccc34)C(=O)C(=O)N2c2cc(C)cc(C)c2)cc1. The summed E-state index contributed by atoms with van der Waals surface area (Å²) in [6, 6.07) is 19.7. The van der Waals surface area contributed by atoms with E-state index in [1.807, 2.05) is 68.4 Å². The average molecular weight is 453 g/mol. The Kier molecular flexibility index (Phi) is 5.21. The molecule has 0 spiro atoms. The van der Waals surface area contributed by atoms with Crippen molar-refractivity contribution in [1.82, 2.24) is 4.98 Å². The highest BCUT2D eigenvalue weighted by Gasteiger charge is 2.47. The van der Waals surface area contributed by atoms with Crippen LogP contribution in [-0.2, 0) is 9.59 Å². The van der Waals surface area contributed by atoms with E-state index in [9.17, 15) is 14.7 Å². The largest absolute Gasteiger partial charge is 0.507 e. The number of carbonyl (C=O) groups excluding carboxylic acids is 2. The van der Waals surface area contributed by atoms with Gasteiger partial charge in [0.05, 0.1) is 18.7 Å². The van der Waals surface area contributed by atoms with Crippen molar-refractivity contribution in [1.29, 1.82) is 0 Å². The smallest absolute Gasteiger partial charge is 0.300 e. The molecule has 1 aliphatic rings. The molecule has 1 unspecified atom stereocenters. The van der Waals surface area contributed by atoms with Gasteiger partial charge in [0.1, 0.15) is 11.5 Å². The van der Waals surface area contributed by atoms with E-state index in [1.165, 1.54) is 4.90 Å². The van der Waals surface area contributed by atoms with Crippen molar-refractivity contribution < 1.29 is 19.4 Å². The van der Waals surface area contributed by atoms with Crippen LogP contribution >= 0.6 is 0 Å². The molecule has 3 aromatic carbocycles. The van der Waals surface area contributed by atoms with E-state index in [4.69, 9.17) is 4.74 Å². The third-order valence-electron chi connectivity index (χ3n) is 6.20. The Morgan fingerprint density at radius 2 is 1.65 bits per heavy atom. The summed E-state index contributed by atoms with van der Waals surface area (Å²) in [7, 11) is 1.58. The number of fused-ring (bicyclic) bond motifs is 1. The lowest BCUT2D eigenvalue weighted by atomic mass is 9.94. The van der Waals surface area contributed by atoms with Gasteiger partial charge in [-0.1, -0.05) is 36.4 Å². The second kappa shape index (κ2) is 8.23. The van der Waals surface area contributed by atoms with E-state index in [2.05, 4.69) is 4.98 Å². The second-order valence-electron chi connectivity index (χ2n) is 8.54. The van der Waals surface area contributed by atoms with Gasteiger partial charge in [0.2, 0.25) is 0 Å². The summed E-state index contributed by atoms with van der Waals surface area (Å²) in [6.07, 6.45) is 1.66. The van der Waals surface area contributed by atoms with E-state index in [0.29, 0.717) is 22.6 Å². The number of Topliss-reactive ketones (excluding diaryl/α,β-unsaturated/α-hetero) is 1. The molecule has 1 aliphatic heterocycles. The molecule has 1 fully saturated rings. The second-order valence-corrected chi connectivity index (χ2v) is 8.54. The quantitative estimate of drug-likeness (QED) is 0.246. The van der Waals surface area contributed by atoms with E-state index >= 15 is 0 Å². The monoisotopic (exact) mass is 452 g/mol. The first kappa shape index (κ1) is 21.5. The third kappa shape index (κ3) is 3.44. The number of methoxy groups -OCH3 is 1. The van der Waals surface area contributed by atoms with Gasteiger partial charge in [0.25, 0.3) is 11.7 Å². The first-order valence-electron chi connectivity index (χ1n) is 11.0. The number of carbonyl (C=O) groups is 2. The number of aliphatic hydroxyl groups excluding tert-OH is 1. The van der Waals surface area contributed by atoms with E-state index in [-0.39, 0.29) is 11.3 Å². The first-order valence-corrected chi connectivity index (χ1v) is 11.0. The number of H-pyrrole nitrogens is 1. The Hall–Kier alpha value is -4.32. The lowest BCUT2D eigenvalue weighted by Crippen LogP contribution is -2.29. The molecule has 6 heteroatoms. The van der Waals surface area contributed by atoms with E-state index < -0.39 is 17.7 Å². The van der Waals surface area contributed by atoms with Crippen molar-refractivity contribution in [3.05, 3.63) is 101 Å². The molecule has 1 atom stereocenters. The maximum atomic E-state index is 13.4. The Bertz CT molecular complexity index is 1440. The number of aromatic nitrogens is 1. The van der Waals surface area contributed by atoms with Crippen LogP contribution in [0.25, 0.3) is 16.7 Å². The van der Waals surface area contributed by atoms with E-state index in [0.717, 1.165) is 22.0 Å². The third-order valence-corrected chi connectivity index (χ3v) is 6.20. The Balaban J connectivity index is 1.76. The van der Waals surface area contributed by atoms with Gasteiger partial charge < -0.3 is 14.8 Å². The molecule has 2 heterocycles. The number of hydrogen-bond acceptors (Lipinski definition) is 4. The molecule has 6 nitrogen and oxygen atoms in total. The van der Waals surface area contributed by atoms with Crippen molar-refractivity contribution in [2.75, 3.05) is 12.0 Å². The number of benzene rings is 3. The van der Waals surface area contributed by atoms with Crippen LogP contribution in [-0.4, -0.2) is 28.9 Å². The number of aliphatic hydroxyl groups is 1. The van der Waals surface area contributed by atoms with Crippen LogP contribution < -0.4 is 9.64 Å². The number of aromatic amines is 1. The van der Waals surface area contributed by atoms with Crippen LogP contribution in [0.4, 0.5) is 5.69 Å². The number of nitrogens with one attached hydrogen (secondary N) is 1. The van der Waals surface area contributed by atoms with Gasteiger partial charge in [-0.3, -0.25) is 14.5 Å². The topological polar surface area (TPSA) is 82.6 Å². The fourth-order valence-electron chi connectivity index (χ4n) is 4.70. The number of aryl methyl sites for hydroxylation is 2. The Labute approximate surface area is 197 Å². The molecule has 1 saturated heterocycles. The van der Waals surface area contributed by atoms with Crippen LogP contribution in [0.1, 0.15) is 28.3 Å². The summed E-state index contributed by atoms with van der Waals surface area (Å²) in [4.78, 5) is 31.4. The minimum atomic E-state index is -0.791. The number of ether oxygens (including phenoxy) is 1. The highest BCUT2D eigenvalue weighted by Crippen LogP contribution is 2.43. The fraction of sp³-hybridized carbons (Fsp3) is 0.143. The first-order chi connectivity index (χ1) is 16.4. The zero-order valence-corrected chi connectivity index (χ0v) is 19.1. The Morgan fingerprint density at radius 1 is 0.971 bits per heavy atom. The van der Waals surface area contributed by atoms with Crippen LogP contribution in [0, 0.1) is 13.8 Å². The maximum Gasteiger partial charge on any atom is 0.300 e. The van der Waals surface area contributed by atoms with Gasteiger partial charge in [-0.15, -0.1) is 0 Å². The number of amides is 1. The van der Waals surface area contributed by atoms with Crippen LogP contribution in [0.15, 0.2) is 78.5 Å². The van der Waals surface area contributed by atoms with Gasteiger partial charge in [0.15, 0.2) is 0 Å². The number of ketones is 1. The molecule has 0 aliphatic carbocycles. The molecule has 0 saturated carbocycles. The van der Waals surface area contributed by atoms with Gasteiger partial charge >= 0.3 is 0 Å². The Morgan fingerprint density at radius 3 is 2.32 bits per heavy atom. The molecule has 1 aromatic heterocycles. The summed E-state index contributed by atoms with van der Waals surface area (Å²) in [5.74, 6) is -0.942. The minimum absolute atomic E-state index is 0.0547. The maximum absolute atomic E-state index is 13.4. The van der Waals surface area contributed by atoms with Gasteiger partial charge in [-0.05, 0) is 60.9 Å². The summed E-state index contributed by atoms with van der Waals surface area (Å²) in [6.45, 7) is 3.89. The van der Waals surface area contributed by atoms with Crippen molar-refractivity contribution in [2.45, 2.75) is 19.9 Å². The number of anilines is 1.